The van der Waals surface area contributed by atoms with Crippen molar-refractivity contribution in [3.05, 3.63) is 89.4 Å². The molecule has 0 aliphatic heterocycles. The van der Waals surface area contributed by atoms with E-state index in [-0.39, 0.29) is 5.91 Å². The topological polar surface area (TPSA) is 112 Å². The number of carbonyl (C=O) groups excluding carboxylic acids is 1. The van der Waals surface area contributed by atoms with Crippen molar-refractivity contribution in [1.29, 1.82) is 5.26 Å². The minimum absolute atomic E-state index is 0.283. The lowest BCUT2D eigenvalue weighted by atomic mass is 10.1. The summed E-state index contributed by atoms with van der Waals surface area (Å²) >= 11 is 6.52. The Morgan fingerprint density at radius 2 is 2.00 bits per heavy atom. The van der Waals surface area contributed by atoms with Gasteiger partial charge in [0.25, 0.3) is 0 Å². The molecule has 0 saturated carbocycles. The zero-order valence-corrected chi connectivity index (χ0v) is 23.2. The molecule has 2 N–H and O–H groups in total. The van der Waals surface area contributed by atoms with Crippen LogP contribution in [0.3, 0.4) is 0 Å². The van der Waals surface area contributed by atoms with Crippen LogP contribution in [0.15, 0.2) is 73.2 Å². The summed E-state index contributed by atoms with van der Waals surface area (Å²) in [4.78, 5) is 23.0. The predicted octanol–water partition coefficient (Wildman–Crippen LogP) is 5.93. The Hall–Kier alpha value is -4.65. The molecule has 0 unspecified atom stereocenters. The molecule has 0 aliphatic rings. The van der Waals surface area contributed by atoms with Gasteiger partial charge in [-0.05, 0) is 57.4 Å². The van der Waals surface area contributed by atoms with Crippen molar-refractivity contribution in [2.75, 3.05) is 37.9 Å². The van der Waals surface area contributed by atoms with Crippen LogP contribution in [0.1, 0.15) is 18.1 Å². The van der Waals surface area contributed by atoms with Gasteiger partial charge in [-0.25, -0.2) is 0 Å². The number of nitrogens with zero attached hydrogens (tertiary/aromatic N) is 4. The van der Waals surface area contributed by atoms with Crippen LogP contribution >= 0.6 is 11.6 Å². The first-order valence-electron chi connectivity index (χ1n) is 12.6. The van der Waals surface area contributed by atoms with E-state index in [0.29, 0.717) is 69.8 Å². The van der Waals surface area contributed by atoms with Crippen LogP contribution in [0.5, 0.6) is 11.5 Å². The fourth-order valence-electron chi connectivity index (χ4n) is 3.84. The Morgan fingerprint density at radius 1 is 1.15 bits per heavy atom. The Balaban J connectivity index is 1.62. The van der Waals surface area contributed by atoms with Crippen LogP contribution in [0.4, 0.5) is 17.1 Å². The van der Waals surface area contributed by atoms with Crippen LogP contribution in [-0.4, -0.2) is 48.0 Å². The van der Waals surface area contributed by atoms with Crippen LogP contribution in [0.2, 0.25) is 5.02 Å². The fourth-order valence-corrected chi connectivity index (χ4v) is 4.08. The van der Waals surface area contributed by atoms with Crippen molar-refractivity contribution >= 4 is 45.5 Å². The van der Waals surface area contributed by atoms with Crippen molar-refractivity contribution in [1.82, 2.24) is 14.9 Å². The number of pyridine rings is 2. The molecule has 4 rings (SSSR count). The number of benzene rings is 2. The highest BCUT2D eigenvalue weighted by Gasteiger charge is 2.16. The molecule has 10 heteroatoms. The van der Waals surface area contributed by atoms with Gasteiger partial charge in [-0.2, -0.15) is 5.26 Å². The number of amides is 1. The lowest BCUT2D eigenvalue weighted by Gasteiger charge is -2.16. The highest BCUT2D eigenvalue weighted by molar-refractivity contribution is 6.32. The fraction of sp³-hybridized carbons (Fsp3) is 0.200. The van der Waals surface area contributed by atoms with Gasteiger partial charge in [-0.1, -0.05) is 23.7 Å². The number of hydrogen-bond acceptors (Lipinski definition) is 8. The van der Waals surface area contributed by atoms with Crippen molar-refractivity contribution in [2.45, 2.75) is 13.5 Å². The molecular weight excluding hydrogens is 528 g/mol. The number of nitriles is 1. The molecule has 40 heavy (non-hydrogen) atoms. The maximum Gasteiger partial charge on any atom is 0.248 e. The number of carbonyl (C=O) groups is 1. The smallest absolute Gasteiger partial charge is 0.248 e. The molecule has 2 aromatic heterocycles. The lowest BCUT2D eigenvalue weighted by molar-refractivity contribution is -0.111. The Bertz CT molecular complexity index is 1570. The first kappa shape index (κ1) is 28.4. The van der Waals surface area contributed by atoms with E-state index in [4.69, 9.17) is 21.1 Å². The molecule has 0 bridgehead atoms. The van der Waals surface area contributed by atoms with Crippen LogP contribution in [0.25, 0.3) is 10.9 Å². The summed E-state index contributed by atoms with van der Waals surface area (Å²) in [5.74, 6) is 0.700. The third-order valence-electron chi connectivity index (χ3n) is 5.71. The lowest BCUT2D eigenvalue weighted by Crippen LogP contribution is -2.13. The molecule has 0 atom stereocenters. The molecule has 2 aromatic carbocycles. The SMILES string of the molecule is CCOc1cc2c(Nc3ccc(OCc4cccnc4)c(Cl)c3)c(C#N)cnc2cc1NC(=O)C=CCN(C)C. The highest BCUT2D eigenvalue weighted by Crippen LogP contribution is 2.37. The Labute approximate surface area is 238 Å². The Kier molecular flexibility index (Phi) is 9.52. The average Bonchev–Trinajstić information content (AvgIpc) is 2.94. The van der Waals surface area contributed by atoms with E-state index in [0.717, 1.165) is 5.56 Å². The van der Waals surface area contributed by atoms with Gasteiger partial charge in [-0.15, -0.1) is 0 Å². The summed E-state index contributed by atoms with van der Waals surface area (Å²) in [5.41, 5.74) is 3.51. The minimum atomic E-state index is -0.283. The van der Waals surface area contributed by atoms with Crippen LogP contribution in [-0.2, 0) is 11.4 Å². The number of ether oxygens (including phenoxy) is 2. The number of anilines is 3. The molecule has 0 spiro atoms. The molecule has 1 amide bonds. The molecule has 204 valence electrons. The van der Waals surface area contributed by atoms with Crippen molar-refractivity contribution in [3.8, 4) is 17.6 Å². The molecule has 2 heterocycles. The van der Waals surface area contributed by atoms with Crippen molar-refractivity contribution in [3.63, 3.8) is 0 Å². The van der Waals surface area contributed by atoms with Crippen LogP contribution < -0.4 is 20.1 Å². The van der Waals surface area contributed by atoms with Gasteiger partial charge in [-0.3, -0.25) is 14.8 Å². The number of halogens is 1. The predicted molar refractivity (Wildman–Crippen MR) is 157 cm³/mol. The molecular formula is C30H29ClN6O3. The van der Waals surface area contributed by atoms with Gasteiger partial charge < -0.3 is 25.0 Å². The summed E-state index contributed by atoms with van der Waals surface area (Å²) in [6.45, 7) is 3.21. The van der Waals surface area contributed by atoms with Gasteiger partial charge in [0.15, 0.2) is 0 Å². The third kappa shape index (κ3) is 7.26. The van der Waals surface area contributed by atoms with E-state index in [2.05, 4.69) is 26.7 Å². The van der Waals surface area contributed by atoms with Gasteiger partial charge in [0, 0.05) is 47.8 Å². The highest BCUT2D eigenvalue weighted by atomic mass is 35.5. The van der Waals surface area contributed by atoms with Gasteiger partial charge in [0.1, 0.15) is 24.2 Å². The van der Waals surface area contributed by atoms with E-state index in [1.807, 2.05) is 44.1 Å². The molecule has 0 aliphatic carbocycles. The first-order chi connectivity index (χ1) is 19.4. The second-order valence-electron chi connectivity index (χ2n) is 9.03. The molecule has 4 aromatic rings. The number of likely N-dealkylation sites (N-methyl/N-ethyl adjacent to an activating group) is 1. The van der Waals surface area contributed by atoms with Crippen molar-refractivity contribution < 1.29 is 14.3 Å². The minimum Gasteiger partial charge on any atom is -0.492 e. The van der Waals surface area contributed by atoms with E-state index < -0.39 is 0 Å². The summed E-state index contributed by atoms with van der Waals surface area (Å²) in [5, 5.41) is 17.1. The van der Waals surface area contributed by atoms with E-state index in [1.165, 1.54) is 12.3 Å². The van der Waals surface area contributed by atoms with E-state index in [9.17, 15) is 10.1 Å². The van der Waals surface area contributed by atoms with Gasteiger partial charge in [0.05, 0.1) is 34.1 Å². The van der Waals surface area contributed by atoms with E-state index >= 15 is 0 Å². The molecule has 0 fully saturated rings. The number of hydrogen-bond donors (Lipinski definition) is 2. The number of aromatic nitrogens is 2. The summed E-state index contributed by atoms with van der Waals surface area (Å²) < 4.78 is 11.7. The van der Waals surface area contributed by atoms with Gasteiger partial charge in [0.2, 0.25) is 5.91 Å². The average molecular weight is 557 g/mol. The maximum absolute atomic E-state index is 12.5. The standard InChI is InChI=1S/C30H29ClN6O3/c1-4-39-28-14-23-25(15-26(28)36-29(38)8-6-12-37(2)3)34-18-21(16-32)30(23)35-22-9-10-27(24(31)13-22)40-19-20-7-5-11-33-17-20/h5-11,13-15,17-18H,4,12,19H2,1-3H3,(H,34,35)(H,36,38). The third-order valence-corrected chi connectivity index (χ3v) is 6.00. The molecule has 9 nitrogen and oxygen atoms in total. The summed E-state index contributed by atoms with van der Waals surface area (Å²) in [6.07, 6.45) is 8.18. The first-order valence-corrected chi connectivity index (χ1v) is 13.0. The number of fused-ring (bicyclic) bond motifs is 1. The summed E-state index contributed by atoms with van der Waals surface area (Å²) in [7, 11) is 3.84. The zero-order valence-electron chi connectivity index (χ0n) is 22.4. The summed E-state index contributed by atoms with van der Waals surface area (Å²) in [6, 6.07) is 14.8. The second kappa shape index (κ2) is 13.4. The Morgan fingerprint density at radius 3 is 2.70 bits per heavy atom. The second-order valence-corrected chi connectivity index (χ2v) is 9.44. The molecule has 0 saturated heterocycles. The van der Waals surface area contributed by atoms with Gasteiger partial charge >= 0.3 is 0 Å². The molecule has 0 radical (unpaired) electrons. The number of rotatable bonds is 11. The zero-order chi connectivity index (χ0) is 28.5. The largest absolute Gasteiger partial charge is 0.492 e. The van der Waals surface area contributed by atoms with Crippen molar-refractivity contribution in [2.24, 2.45) is 0 Å². The quantitative estimate of drug-likeness (QED) is 0.218. The van der Waals surface area contributed by atoms with Crippen LogP contribution in [0, 0.1) is 11.3 Å². The maximum atomic E-state index is 12.5. The van der Waals surface area contributed by atoms with E-state index in [1.54, 1.807) is 42.7 Å². The normalized spacial score (nSPS) is 11.0. The number of nitrogens with one attached hydrogen (secondary N) is 2. The monoisotopic (exact) mass is 556 g/mol.